The van der Waals surface area contributed by atoms with Crippen molar-refractivity contribution in [1.82, 2.24) is 14.5 Å². The zero-order valence-electron chi connectivity index (χ0n) is 11.4. The molecule has 3 rings (SSSR count). The molecule has 1 saturated heterocycles. The van der Waals surface area contributed by atoms with E-state index in [0.717, 1.165) is 24.5 Å². The summed E-state index contributed by atoms with van der Waals surface area (Å²) in [5.74, 6) is 0.682. The average molecular weight is 307 g/mol. The second-order valence-corrected chi connectivity index (χ2v) is 6.79. The third-order valence-electron chi connectivity index (χ3n) is 3.55. The molecule has 0 bridgehead atoms. The zero-order chi connectivity index (χ0) is 13.9. The maximum absolute atomic E-state index is 12.4. The summed E-state index contributed by atoms with van der Waals surface area (Å²) in [7, 11) is 1.95. The van der Waals surface area contributed by atoms with Gasteiger partial charge >= 0.3 is 0 Å². The monoisotopic (exact) mass is 307 g/mol. The highest BCUT2D eigenvalue weighted by Crippen LogP contribution is 2.35. The molecule has 3 heterocycles. The van der Waals surface area contributed by atoms with Crippen LogP contribution in [0.25, 0.3) is 0 Å². The highest BCUT2D eigenvalue weighted by molar-refractivity contribution is 7.99. The lowest BCUT2D eigenvalue weighted by molar-refractivity contribution is -0.129. The van der Waals surface area contributed by atoms with Crippen LogP contribution in [0, 0.1) is 0 Å². The van der Waals surface area contributed by atoms with Crippen LogP contribution in [0.4, 0.5) is 0 Å². The standard InChI is InChI=1S/C14H17N3OS2/c1-16-8-6-15-14(16)20-10-13(18)17-7-2-4-11(17)12-5-3-9-19-12/h3,5-6,8-9,11H,2,4,7,10H2,1H3. The fourth-order valence-corrected chi connectivity index (χ4v) is 4.23. The molecule has 2 aromatic rings. The van der Waals surface area contributed by atoms with Crippen LogP contribution in [0.2, 0.25) is 0 Å². The van der Waals surface area contributed by atoms with E-state index in [2.05, 4.69) is 22.5 Å². The van der Waals surface area contributed by atoms with Crippen LogP contribution in [-0.2, 0) is 11.8 Å². The highest BCUT2D eigenvalue weighted by atomic mass is 32.2. The molecule has 0 saturated carbocycles. The molecule has 4 nitrogen and oxygen atoms in total. The molecule has 1 unspecified atom stereocenters. The molecule has 0 radical (unpaired) electrons. The highest BCUT2D eigenvalue weighted by Gasteiger charge is 2.30. The van der Waals surface area contributed by atoms with Gasteiger partial charge in [0, 0.05) is 30.9 Å². The SMILES string of the molecule is Cn1ccnc1SCC(=O)N1CCCC1c1cccs1. The summed E-state index contributed by atoms with van der Waals surface area (Å²) in [5, 5.41) is 2.98. The molecule has 1 aliphatic rings. The van der Waals surface area contributed by atoms with E-state index in [1.807, 2.05) is 22.7 Å². The van der Waals surface area contributed by atoms with Crippen molar-refractivity contribution in [3.8, 4) is 0 Å². The van der Waals surface area contributed by atoms with Crippen molar-refractivity contribution < 1.29 is 4.79 Å². The molecule has 0 N–H and O–H groups in total. The molecule has 1 amide bonds. The Bertz CT molecular complexity index is 579. The third-order valence-corrected chi connectivity index (χ3v) is 5.56. The first-order valence-electron chi connectivity index (χ1n) is 6.68. The molecule has 106 valence electrons. The summed E-state index contributed by atoms with van der Waals surface area (Å²) in [6.45, 7) is 0.878. The largest absolute Gasteiger partial charge is 0.334 e. The van der Waals surface area contributed by atoms with Gasteiger partial charge in [-0.05, 0) is 24.3 Å². The van der Waals surface area contributed by atoms with Crippen molar-refractivity contribution in [2.75, 3.05) is 12.3 Å². The zero-order valence-corrected chi connectivity index (χ0v) is 13.0. The summed E-state index contributed by atoms with van der Waals surface area (Å²) in [6, 6.07) is 4.47. The molecular formula is C14H17N3OS2. The number of rotatable bonds is 4. The van der Waals surface area contributed by atoms with Crippen molar-refractivity contribution in [3.05, 3.63) is 34.8 Å². The summed E-state index contributed by atoms with van der Waals surface area (Å²) < 4.78 is 1.94. The second kappa shape index (κ2) is 6.01. The molecule has 6 heteroatoms. The third kappa shape index (κ3) is 2.76. The number of carbonyl (C=O) groups excluding carboxylic acids is 1. The first-order valence-corrected chi connectivity index (χ1v) is 8.55. The predicted molar refractivity (Wildman–Crippen MR) is 81.9 cm³/mol. The van der Waals surface area contributed by atoms with Gasteiger partial charge in [-0.2, -0.15) is 0 Å². The molecule has 2 aromatic heterocycles. The summed E-state index contributed by atoms with van der Waals surface area (Å²) in [5.41, 5.74) is 0. The number of thiophene rings is 1. The molecule has 1 atom stereocenters. The minimum atomic E-state index is 0.217. The van der Waals surface area contributed by atoms with Gasteiger partial charge in [-0.15, -0.1) is 11.3 Å². The van der Waals surface area contributed by atoms with Crippen LogP contribution in [-0.4, -0.2) is 32.7 Å². The van der Waals surface area contributed by atoms with Crippen molar-refractivity contribution in [1.29, 1.82) is 0 Å². The van der Waals surface area contributed by atoms with E-state index < -0.39 is 0 Å². The number of thioether (sulfide) groups is 1. The van der Waals surface area contributed by atoms with Gasteiger partial charge in [0.2, 0.25) is 5.91 Å². The Kier molecular flexibility index (Phi) is 4.12. The Balaban J connectivity index is 1.63. The van der Waals surface area contributed by atoms with E-state index in [1.54, 1.807) is 17.5 Å². The van der Waals surface area contributed by atoms with E-state index >= 15 is 0 Å². The number of aromatic nitrogens is 2. The number of nitrogens with zero attached hydrogens (tertiary/aromatic N) is 3. The van der Waals surface area contributed by atoms with Gasteiger partial charge in [0.1, 0.15) is 0 Å². The Hall–Kier alpha value is -1.27. The van der Waals surface area contributed by atoms with E-state index in [-0.39, 0.29) is 11.9 Å². The maximum Gasteiger partial charge on any atom is 0.233 e. The second-order valence-electron chi connectivity index (χ2n) is 4.87. The van der Waals surface area contributed by atoms with Gasteiger partial charge in [0.25, 0.3) is 0 Å². The number of hydrogen-bond acceptors (Lipinski definition) is 4. The quantitative estimate of drug-likeness (QED) is 0.815. The Morgan fingerprint density at radius 1 is 1.60 bits per heavy atom. The number of aryl methyl sites for hydroxylation is 1. The van der Waals surface area contributed by atoms with E-state index in [4.69, 9.17) is 0 Å². The number of imidazole rings is 1. The van der Waals surface area contributed by atoms with Gasteiger partial charge in [0.15, 0.2) is 5.16 Å². The minimum Gasteiger partial charge on any atom is -0.334 e. The summed E-state index contributed by atoms with van der Waals surface area (Å²) in [4.78, 5) is 20.0. The fourth-order valence-electron chi connectivity index (χ4n) is 2.54. The van der Waals surface area contributed by atoms with Crippen molar-refractivity contribution >= 4 is 29.0 Å². The molecular weight excluding hydrogens is 290 g/mol. The summed E-state index contributed by atoms with van der Waals surface area (Å²) >= 11 is 3.25. The van der Waals surface area contributed by atoms with Gasteiger partial charge in [-0.25, -0.2) is 4.98 Å². The summed E-state index contributed by atoms with van der Waals surface area (Å²) in [6.07, 6.45) is 5.84. The van der Waals surface area contributed by atoms with Crippen LogP contribution in [0.1, 0.15) is 23.8 Å². The number of hydrogen-bond donors (Lipinski definition) is 0. The van der Waals surface area contributed by atoms with E-state index in [9.17, 15) is 4.79 Å². The van der Waals surface area contributed by atoms with Crippen molar-refractivity contribution in [3.63, 3.8) is 0 Å². The number of likely N-dealkylation sites (tertiary alicyclic amines) is 1. The maximum atomic E-state index is 12.4. The molecule has 0 aliphatic carbocycles. The smallest absolute Gasteiger partial charge is 0.233 e. The molecule has 20 heavy (non-hydrogen) atoms. The van der Waals surface area contributed by atoms with Crippen LogP contribution in [0.15, 0.2) is 35.1 Å². The lowest BCUT2D eigenvalue weighted by atomic mass is 10.2. The van der Waals surface area contributed by atoms with Gasteiger partial charge in [-0.3, -0.25) is 4.79 Å². The number of carbonyl (C=O) groups is 1. The Morgan fingerprint density at radius 3 is 3.20 bits per heavy atom. The van der Waals surface area contributed by atoms with Gasteiger partial charge in [0.05, 0.1) is 11.8 Å². The molecule has 0 aromatic carbocycles. The Morgan fingerprint density at radius 2 is 2.50 bits per heavy atom. The topological polar surface area (TPSA) is 38.1 Å². The minimum absolute atomic E-state index is 0.217. The first kappa shape index (κ1) is 13.7. The van der Waals surface area contributed by atoms with Gasteiger partial charge < -0.3 is 9.47 Å². The van der Waals surface area contributed by atoms with Crippen LogP contribution < -0.4 is 0 Å². The normalized spacial score (nSPS) is 18.6. The van der Waals surface area contributed by atoms with E-state index in [0.29, 0.717) is 5.75 Å². The van der Waals surface area contributed by atoms with Crippen molar-refractivity contribution in [2.45, 2.75) is 24.0 Å². The first-order chi connectivity index (χ1) is 9.75. The van der Waals surface area contributed by atoms with Crippen LogP contribution in [0.3, 0.4) is 0 Å². The number of amides is 1. The lowest BCUT2D eigenvalue weighted by Crippen LogP contribution is -2.31. The molecule has 1 fully saturated rings. The van der Waals surface area contributed by atoms with Crippen molar-refractivity contribution in [2.24, 2.45) is 7.05 Å². The average Bonchev–Trinajstić information content (AvgIpc) is 3.17. The fraction of sp³-hybridized carbons (Fsp3) is 0.429. The van der Waals surface area contributed by atoms with Crippen LogP contribution in [0.5, 0.6) is 0 Å². The van der Waals surface area contributed by atoms with Crippen LogP contribution >= 0.6 is 23.1 Å². The predicted octanol–water partition coefficient (Wildman–Crippen LogP) is 2.94. The van der Waals surface area contributed by atoms with E-state index in [1.165, 1.54) is 16.6 Å². The van der Waals surface area contributed by atoms with Gasteiger partial charge in [-0.1, -0.05) is 17.8 Å². The molecule has 0 spiro atoms. The Labute approximate surface area is 126 Å². The lowest BCUT2D eigenvalue weighted by Gasteiger charge is -2.23. The molecule has 1 aliphatic heterocycles.